The first-order valence-corrected chi connectivity index (χ1v) is 4.92. The van der Waals surface area contributed by atoms with Crippen LogP contribution in [0.2, 0.25) is 0 Å². The minimum atomic E-state index is -0.419. The van der Waals surface area contributed by atoms with Crippen LogP contribution in [0.5, 0.6) is 0 Å². The third-order valence-corrected chi connectivity index (χ3v) is 2.43. The number of halogens is 1. The molecule has 0 atom stereocenters. The van der Waals surface area contributed by atoms with E-state index in [1.165, 1.54) is 0 Å². The fourth-order valence-electron chi connectivity index (χ4n) is 1.33. The Morgan fingerprint density at radius 2 is 2.21 bits per heavy atom. The largest absolute Gasteiger partial charge is 0.416 e. The zero-order chi connectivity index (χ0) is 10.1. The third-order valence-electron chi connectivity index (χ3n) is 1.94. The second kappa shape index (κ2) is 3.46. The van der Waals surface area contributed by atoms with Gasteiger partial charge in [0, 0.05) is 10.0 Å². The molecule has 2 rings (SSSR count). The number of aromatic amines is 1. The summed E-state index contributed by atoms with van der Waals surface area (Å²) in [4.78, 5) is 13.6. The number of H-pyrrole nitrogens is 1. The predicted molar refractivity (Wildman–Crippen MR) is 57.2 cm³/mol. The van der Waals surface area contributed by atoms with E-state index in [2.05, 4.69) is 20.9 Å². The molecule has 1 N–H and O–H groups in total. The van der Waals surface area contributed by atoms with Gasteiger partial charge in [0.15, 0.2) is 0 Å². The molecule has 0 saturated heterocycles. The number of rotatable bonds is 1. The normalized spacial score (nSPS) is 10.4. The second-order valence-corrected chi connectivity index (χ2v) is 3.87. The van der Waals surface area contributed by atoms with Gasteiger partial charge in [-0.1, -0.05) is 28.1 Å². The number of aromatic nitrogens is 1. The van der Waals surface area contributed by atoms with Gasteiger partial charge in [-0.15, -0.1) is 0 Å². The van der Waals surface area contributed by atoms with Gasteiger partial charge in [0.05, 0.1) is 5.69 Å². The van der Waals surface area contributed by atoms with E-state index in [1.807, 2.05) is 24.3 Å². The van der Waals surface area contributed by atoms with Crippen molar-refractivity contribution >= 4 is 15.9 Å². The Morgan fingerprint density at radius 3 is 2.79 bits per heavy atom. The van der Waals surface area contributed by atoms with E-state index in [9.17, 15) is 4.79 Å². The van der Waals surface area contributed by atoms with Crippen molar-refractivity contribution in [2.45, 2.75) is 6.92 Å². The molecular formula is C10H8BrNO2. The van der Waals surface area contributed by atoms with Crippen molar-refractivity contribution in [3.8, 4) is 11.3 Å². The molecule has 0 fully saturated rings. The van der Waals surface area contributed by atoms with Crippen molar-refractivity contribution < 1.29 is 4.42 Å². The van der Waals surface area contributed by atoms with Gasteiger partial charge in [0.25, 0.3) is 0 Å². The molecule has 1 heterocycles. The number of hydrogen-bond acceptors (Lipinski definition) is 2. The average molecular weight is 254 g/mol. The van der Waals surface area contributed by atoms with E-state index >= 15 is 0 Å². The summed E-state index contributed by atoms with van der Waals surface area (Å²) >= 11 is 3.37. The molecule has 1 aromatic carbocycles. The van der Waals surface area contributed by atoms with E-state index in [0.29, 0.717) is 5.76 Å². The topological polar surface area (TPSA) is 46.0 Å². The van der Waals surface area contributed by atoms with E-state index in [0.717, 1.165) is 15.7 Å². The monoisotopic (exact) mass is 253 g/mol. The van der Waals surface area contributed by atoms with E-state index in [-0.39, 0.29) is 0 Å². The minimum Gasteiger partial charge on any atom is -0.413 e. The molecule has 0 aliphatic carbocycles. The zero-order valence-corrected chi connectivity index (χ0v) is 9.09. The van der Waals surface area contributed by atoms with Crippen LogP contribution in [0.4, 0.5) is 0 Å². The summed E-state index contributed by atoms with van der Waals surface area (Å²) in [6.07, 6.45) is 0. The predicted octanol–water partition coefficient (Wildman–Crippen LogP) is 2.71. The quantitative estimate of drug-likeness (QED) is 0.850. The van der Waals surface area contributed by atoms with Gasteiger partial charge in [-0.2, -0.15) is 0 Å². The van der Waals surface area contributed by atoms with Crippen molar-refractivity contribution in [3.05, 3.63) is 45.0 Å². The average Bonchev–Trinajstić information content (AvgIpc) is 2.45. The maximum absolute atomic E-state index is 10.9. The molecule has 0 aliphatic heterocycles. The van der Waals surface area contributed by atoms with Gasteiger partial charge in [-0.25, -0.2) is 4.79 Å². The van der Waals surface area contributed by atoms with Gasteiger partial charge in [-0.05, 0) is 19.1 Å². The van der Waals surface area contributed by atoms with Crippen LogP contribution in [0, 0.1) is 6.92 Å². The Balaban J connectivity index is 2.59. The Bertz CT molecular complexity index is 513. The van der Waals surface area contributed by atoms with Crippen LogP contribution in [0.1, 0.15) is 5.76 Å². The summed E-state index contributed by atoms with van der Waals surface area (Å²) in [5, 5.41) is 0. The number of benzene rings is 1. The first kappa shape index (κ1) is 9.27. The van der Waals surface area contributed by atoms with Gasteiger partial charge in [-0.3, -0.25) is 4.98 Å². The molecule has 0 radical (unpaired) electrons. The fraction of sp³-hybridized carbons (Fsp3) is 0.100. The van der Waals surface area contributed by atoms with Crippen molar-refractivity contribution in [2.24, 2.45) is 0 Å². The van der Waals surface area contributed by atoms with Gasteiger partial charge in [0.2, 0.25) is 0 Å². The fourth-order valence-corrected chi connectivity index (χ4v) is 1.72. The van der Waals surface area contributed by atoms with E-state index in [4.69, 9.17) is 4.42 Å². The van der Waals surface area contributed by atoms with Gasteiger partial charge >= 0.3 is 5.76 Å². The smallest absolute Gasteiger partial charge is 0.413 e. The number of oxazole rings is 1. The molecule has 0 spiro atoms. The summed E-state index contributed by atoms with van der Waals surface area (Å²) in [6.45, 7) is 1.76. The Kier molecular flexibility index (Phi) is 2.29. The lowest BCUT2D eigenvalue weighted by atomic mass is 10.1. The number of nitrogens with one attached hydrogen (secondary N) is 1. The molecule has 4 heteroatoms. The van der Waals surface area contributed by atoms with Crippen LogP contribution < -0.4 is 5.76 Å². The number of aryl methyl sites for hydroxylation is 1. The molecule has 0 bridgehead atoms. The summed E-state index contributed by atoms with van der Waals surface area (Å²) in [5.41, 5.74) is 1.67. The maximum atomic E-state index is 10.9. The molecular weight excluding hydrogens is 246 g/mol. The molecule has 0 aliphatic rings. The molecule has 0 saturated carbocycles. The standard InChI is InChI=1S/C10H8BrNO2/c1-6-9(12-10(13)14-6)7-3-2-4-8(11)5-7/h2-5H,1H3,(H,12,13). The highest BCUT2D eigenvalue weighted by atomic mass is 79.9. The van der Waals surface area contributed by atoms with Crippen molar-refractivity contribution in [1.29, 1.82) is 0 Å². The van der Waals surface area contributed by atoms with Crippen LogP contribution >= 0.6 is 15.9 Å². The minimum absolute atomic E-state index is 0.419. The Morgan fingerprint density at radius 1 is 1.43 bits per heavy atom. The number of hydrogen-bond donors (Lipinski definition) is 1. The molecule has 2 aromatic rings. The van der Waals surface area contributed by atoms with Gasteiger partial charge in [0.1, 0.15) is 5.76 Å². The molecule has 72 valence electrons. The van der Waals surface area contributed by atoms with E-state index < -0.39 is 5.76 Å². The van der Waals surface area contributed by atoms with Crippen LogP contribution in [0.25, 0.3) is 11.3 Å². The Labute approximate surface area is 88.9 Å². The highest BCUT2D eigenvalue weighted by molar-refractivity contribution is 9.10. The molecule has 0 amide bonds. The first-order chi connectivity index (χ1) is 6.66. The summed E-state index contributed by atoms with van der Waals surface area (Å²) < 4.78 is 5.85. The summed E-state index contributed by atoms with van der Waals surface area (Å²) in [5.74, 6) is 0.186. The van der Waals surface area contributed by atoms with E-state index in [1.54, 1.807) is 6.92 Å². The lowest BCUT2D eigenvalue weighted by Gasteiger charge is -1.98. The van der Waals surface area contributed by atoms with Crippen molar-refractivity contribution in [3.63, 3.8) is 0 Å². The lowest BCUT2D eigenvalue weighted by Crippen LogP contribution is -1.94. The first-order valence-electron chi connectivity index (χ1n) is 4.12. The molecule has 1 aromatic heterocycles. The Hall–Kier alpha value is -1.29. The van der Waals surface area contributed by atoms with Gasteiger partial charge < -0.3 is 4.42 Å². The third kappa shape index (κ3) is 1.65. The van der Waals surface area contributed by atoms with Crippen LogP contribution in [-0.4, -0.2) is 4.98 Å². The highest BCUT2D eigenvalue weighted by Crippen LogP contribution is 2.22. The lowest BCUT2D eigenvalue weighted by molar-refractivity contribution is 0.488. The van der Waals surface area contributed by atoms with Crippen LogP contribution in [-0.2, 0) is 0 Å². The molecule has 14 heavy (non-hydrogen) atoms. The van der Waals surface area contributed by atoms with Crippen molar-refractivity contribution in [2.75, 3.05) is 0 Å². The zero-order valence-electron chi connectivity index (χ0n) is 7.50. The molecule has 3 nitrogen and oxygen atoms in total. The summed E-state index contributed by atoms with van der Waals surface area (Å²) in [7, 11) is 0. The molecule has 0 unspecified atom stereocenters. The maximum Gasteiger partial charge on any atom is 0.416 e. The SMILES string of the molecule is Cc1oc(=O)[nH]c1-c1cccc(Br)c1. The summed E-state index contributed by atoms with van der Waals surface area (Å²) in [6, 6.07) is 7.67. The van der Waals surface area contributed by atoms with Crippen molar-refractivity contribution in [1.82, 2.24) is 4.98 Å². The van der Waals surface area contributed by atoms with Crippen LogP contribution in [0.3, 0.4) is 0 Å². The van der Waals surface area contributed by atoms with Crippen LogP contribution in [0.15, 0.2) is 37.9 Å². The highest BCUT2D eigenvalue weighted by Gasteiger charge is 2.07. The second-order valence-electron chi connectivity index (χ2n) is 2.96.